The largest absolute Gasteiger partial charge is 0.496 e. The molecule has 1 fully saturated rings. The van der Waals surface area contributed by atoms with Gasteiger partial charge in [-0.05, 0) is 41.7 Å². The number of benzene rings is 1. The molecule has 1 aliphatic rings. The third kappa shape index (κ3) is 1.95. The van der Waals surface area contributed by atoms with E-state index < -0.39 is 0 Å². The highest BCUT2D eigenvalue weighted by molar-refractivity contribution is 5.48. The molecule has 0 amide bonds. The summed E-state index contributed by atoms with van der Waals surface area (Å²) in [4.78, 5) is 0. The van der Waals surface area contributed by atoms with E-state index in [0.717, 1.165) is 5.75 Å². The Morgan fingerprint density at radius 1 is 1.15 bits per heavy atom. The second-order valence-corrected chi connectivity index (χ2v) is 7.20. The van der Waals surface area contributed by atoms with Gasteiger partial charge in [-0.2, -0.15) is 0 Å². The van der Waals surface area contributed by atoms with Crippen LogP contribution in [0.4, 0.5) is 0 Å². The Bertz CT molecular complexity index is 506. The van der Waals surface area contributed by atoms with Crippen molar-refractivity contribution in [1.29, 1.82) is 0 Å². The van der Waals surface area contributed by atoms with Crippen molar-refractivity contribution in [3.8, 4) is 5.75 Å². The first kappa shape index (κ1) is 15.3. The van der Waals surface area contributed by atoms with E-state index in [9.17, 15) is 0 Å². The highest BCUT2D eigenvalue weighted by atomic mass is 16.5. The van der Waals surface area contributed by atoms with E-state index in [2.05, 4.69) is 59.1 Å². The molecular formula is C17H28N2O. The zero-order valence-corrected chi connectivity index (χ0v) is 13.8. The molecule has 1 saturated carbocycles. The van der Waals surface area contributed by atoms with Crippen molar-refractivity contribution >= 4 is 0 Å². The van der Waals surface area contributed by atoms with E-state index in [1.54, 1.807) is 7.11 Å². The van der Waals surface area contributed by atoms with Crippen LogP contribution in [0, 0.1) is 30.6 Å². The van der Waals surface area contributed by atoms with Gasteiger partial charge in [0.25, 0.3) is 0 Å². The Kier molecular flexibility index (Phi) is 3.64. The molecule has 0 aliphatic heterocycles. The lowest BCUT2D eigenvalue weighted by atomic mass is 9.93. The number of methoxy groups -OCH3 is 1. The van der Waals surface area contributed by atoms with Gasteiger partial charge in [0.2, 0.25) is 0 Å². The molecule has 1 aromatic rings. The van der Waals surface area contributed by atoms with E-state index in [-0.39, 0.29) is 16.9 Å². The van der Waals surface area contributed by atoms with Gasteiger partial charge in [-0.3, -0.25) is 11.3 Å². The summed E-state index contributed by atoms with van der Waals surface area (Å²) in [5.41, 5.74) is 7.19. The number of nitrogens with two attached hydrogens (primary N) is 1. The molecule has 0 heterocycles. The average molecular weight is 276 g/mol. The summed E-state index contributed by atoms with van der Waals surface area (Å²) >= 11 is 0. The molecule has 112 valence electrons. The molecule has 2 rings (SSSR count). The molecule has 0 radical (unpaired) electrons. The lowest BCUT2D eigenvalue weighted by Gasteiger charge is -2.23. The van der Waals surface area contributed by atoms with Crippen LogP contribution in [0.3, 0.4) is 0 Å². The predicted octanol–water partition coefficient (Wildman–Crippen LogP) is 3.50. The van der Waals surface area contributed by atoms with Crippen molar-refractivity contribution in [1.82, 2.24) is 5.43 Å². The van der Waals surface area contributed by atoms with Gasteiger partial charge in [-0.1, -0.05) is 39.8 Å². The SMILES string of the molecule is COc1c(C(NN)C2C(C)(C)C2(C)C)ccc(C)c1C. The van der Waals surface area contributed by atoms with Gasteiger partial charge in [-0.25, -0.2) is 0 Å². The minimum Gasteiger partial charge on any atom is -0.496 e. The maximum absolute atomic E-state index is 5.89. The van der Waals surface area contributed by atoms with Gasteiger partial charge < -0.3 is 4.74 Å². The van der Waals surface area contributed by atoms with Crippen LogP contribution in [0.5, 0.6) is 5.75 Å². The van der Waals surface area contributed by atoms with Gasteiger partial charge in [0, 0.05) is 5.56 Å². The quantitative estimate of drug-likeness (QED) is 0.653. The second kappa shape index (κ2) is 4.74. The lowest BCUT2D eigenvalue weighted by Crippen LogP contribution is -2.31. The van der Waals surface area contributed by atoms with Gasteiger partial charge >= 0.3 is 0 Å². The molecular weight excluding hydrogens is 248 g/mol. The molecule has 0 spiro atoms. The Hall–Kier alpha value is -1.06. The molecule has 3 nitrogen and oxygen atoms in total. The average Bonchev–Trinajstić information content (AvgIpc) is 2.77. The van der Waals surface area contributed by atoms with Gasteiger partial charge in [0.05, 0.1) is 13.2 Å². The van der Waals surface area contributed by atoms with Crippen LogP contribution in [0.2, 0.25) is 0 Å². The molecule has 1 aromatic carbocycles. The summed E-state index contributed by atoms with van der Waals surface area (Å²) in [7, 11) is 1.74. The number of aryl methyl sites for hydroxylation is 1. The second-order valence-electron chi connectivity index (χ2n) is 7.20. The molecule has 0 saturated heterocycles. The molecule has 1 aliphatic carbocycles. The molecule has 0 bridgehead atoms. The fourth-order valence-corrected chi connectivity index (χ4v) is 3.77. The Balaban J connectivity index is 2.47. The van der Waals surface area contributed by atoms with Crippen LogP contribution in [-0.4, -0.2) is 7.11 Å². The normalized spacial score (nSPS) is 21.6. The van der Waals surface area contributed by atoms with E-state index >= 15 is 0 Å². The molecule has 3 heteroatoms. The topological polar surface area (TPSA) is 47.3 Å². The summed E-state index contributed by atoms with van der Waals surface area (Å²) in [6.07, 6.45) is 0. The first-order chi connectivity index (χ1) is 9.20. The fourth-order valence-electron chi connectivity index (χ4n) is 3.77. The minimum absolute atomic E-state index is 0.120. The summed E-state index contributed by atoms with van der Waals surface area (Å²) in [5, 5.41) is 0. The number of rotatable bonds is 4. The number of hydrogen-bond acceptors (Lipinski definition) is 3. The molecule has 0 aromatic heterocycles. The van der Waals surface area contributed by atoms with Gasteiger partial charge in [0.15, 0.2) is 0 Å². The fraction of sp³-hybridized carbons (Fsp3) is 0.647. The van der Waals surface area contributed by atoms with Crippen LogP contribution in [0.15, 0.2) is 12.1 Å². The standard InChI is InChI=1S/C17H28N2O/c1-10-8-9-12(14(20-7)11(10)2)13(19-18)15-16(3,4)17(15,5)6/h8-9,13,15,19H,18H2,1-7H3. The third-order valence-electron chi connectivity index (χ3n) is 5.89. The number of hydrazine groups is 1. The first-order valence-electron chi connectivity index (χ1n) is 7.30. The maximum Gasteiger partial charge on any atom is 0.126 e. The van der Waals surface area contributed by atoms with Crippen molar-refractivity contribution in [3.05, 3.63) is 28.8 Å². The van der Waals surface area contributed by atoms with Gasteiger partial charge in [0.1, 0.15) is 5.75 Å². The van der Waals surface area contributed by atoms with Crippen LogP contribution in [0.25, 0.3) is 0 Å². The predicted molar refractivity (Wildman–Crippen MR) is 83.6 cm³/mol. The van der Waals surface area contributed by atoms with E-state index in [1.165, 1.54) is 16.7 Å². The Labute approximate surface area is 122 Å². The maximum atomic E-state index is 5.89. The van der Waals surface area contributed by atoms with Crippen molar-refractivity contribution in [2.75, 3.05) is 7.11 Å². The summed E-state index contributed by atoms with van der Waals surface area (Å²) in [6.45, 7) is 13.5. The van der Waals surface area contributed by atoms with E-state index in [4.69, 9.17) is 10.6 Å². The number of ether oxygens (including phenoxy) is 1. The third-order valence-corrected chi connectivity index (χ3v) is 5.89. The molecule has 1 unspecified atom stereocenters. The van der Waals surface area contributed by atoms with Crippen LogP contribution in [-0.2, 0) is 0 Å². The smallest absolute Gasteiger partial charge is 0.126 e. The van der Waals surface area contributed by atoms with Crippen molar-refractivity contribution in [2.45, 2.75) is 47.6 Å². The number of hydrogen-bond donors (Lipinski definition) is 2. The van der Waals surface area contributed by atoms with Crippen LogP contribution < -0.4 is 16.0 Å². The minimum atomic E-state index is 0.120. The number of nitrogens with one attached hydrogen (secondary N) is 1. The van der Waals surface area contributed by atoms with Crippen LogP contribution >= 0.6 is 0 Å². The summed E-state index contributed by atoms with van der Waals surface area (Å²) < 4.78 is 5.66. The van der Waals surface area contributed by atoms with Crippen LogP contribution in [0.1, 0.15) is 50.4 Å². The van der Waals surface area contributed by atoms with Crippen molar-refractivity contribution in [2.24, 2.45) is 22.6 Å². The van der Waals surface area contributed by atoms with Gasteiger partial charge in [-0.15, -0.1) is 0 Å². The Morgan fingerprint density at radius 2 is 1.70 bits per heavy atom. The first-order valence-corrected chi connectivity index (χ1v) is 7.30. The lowest BCUT2D eigenvalue weighted by molar-refractivity contribution is 0.371. The zero-order chi connectivity index (χ0) is 15.3. The van der Waals surface area contributed by atoms with Crippen molar-refractivity contribution < 1.29 is 4.74 Å². The highest BCUT2D eigenvalue weighted by Crippen LogP contribution is 2.72. The van der Waals surface area contributed by atoms with E-state index in [0.29, 0.717) is 5.92 Å². The Morgan fingerprint density at radius 3 is 2.10 bits per heavy atom. The molecule has 20 heavy (non-hydrogen) atoms. The zero-order valence-electron chi connectivity index (χ0n) is 13.8. The van der Waals surface area contributed by atoms with Crippen molar-refractivity contribution in [3.63, 3.8) is 0 Å². The highest BCUT2D eigenvalue weighted by Gasteiger charge is 2.67. The summed E-state index contributed by atoms with van der Waals surface area (Å²) in [5.74, 6) is 7.35. The molecule has 3 N–H and O–H groups in total. The summed E-state index contributed by atoms with van der Waals surface area (Å²) in [6, 6.07) is 4.42. The monoisotopic (exact) mass is 276 g/mol. The molecule has 1 atom stereocenters. The van der Waals surface area contributed by atoms with E-state index in [1.807, 2.05) is 0 Å².